The van der Waals surface area contributed by atoms with Gasteiger partial charge in [-0.3, -0.25) is 4.79 Å². The third-order valence-corrected chi connectivity index (χ3v) is 4.67. The number of benzene rings is 1. The Morgan fingerprint density at radius 2 is 1.82 bits per heavy atom. The van der Waals surface area contributed by atoms with E-state index in [-0.39, 0.29) is 18.0 Å². The zero-order chi connectivity index (χ0) is 15.7. The van der Waals surface area contributed by atoms with E-state index in [0.29, 0.717) is 24.0 Å². The van der Waals surface area contributed by atoms with Gasteiger partial charge in [-0.2, -0.15) is 0 Å². The van der Waals surface area contributed by atoms with E-state index in [9.17, 15) is 4.79 Å². The van der Waals surface area contributed by atoms with Gasteiger partial charge in [0.25, 0.3) is 5.91 Å². The van der Waals surface area contributed by atoms with E-state index in [1.165, 1.54) is 6.42 Å². The van der Waals surface area contributed by atoms with Crippen LogP contribution < -0.4 is 4.74 Å². The predicted octanol–water partition coefficient (Wildman–Crippen LogP) is 3.28. The summed E-state index contributed by atoms with van der Waals surface area (Å²) in [7, 11) is 0. The van der Waals surface area contributed by atoms with Crippen molar-refractivity contribution in [3.63, 3.8) is 0 Å². The van der Waals surface area contributed by atoms with Crippen molar-refractivity contribution in [1.82, 2.24) is 4.90 Å². The second-order valence-electron chi connectivity index (χ2n) is 6.55. The van der Waals surface area contributed by atoms with E-state index in [1.54, 1.807) is 24.3 Å². The summed E-state index contributed by atoms with van der Waals surface area (Å²) >= 11 is 5.89. The van der Waals surface area contributed by atoms with Crippen LogP contribution in [-0.2, 0) is 9.53 Å². The van der Waals surface area contributed by atoms with E-state index in [4.69, 9.17) is 21.1 Å². The molecule has 1 amide bonds. The van der Waals surface area contributed by atoms with Gasteiger partial charge in [0.1, 0.15) is 5.75 Å². The molecule has 3 rings (SSSR count). The van der Waals surface area contributed by atoms with Crippen LogP contribution in [0.15, 0.2) is 24.3 Å². The average molecular weight is 324 g/mol. The smallest absolute Gasteiger partial charge is 0.266 e. The van der Waals surface area contributed by atoms with Gasteiger partial charge in [-0.1, -0.05) is 11.6 Å². The quantitative estimate of drug-likeness (QED) is 0.857. The van der Waals surface area contributed by atoms with Gasteiger partial charge >= 0.3 is 0 Å². The molecule has 1 aromatic rings. The molecule has 2 atom stereocenters. The second kappa shape index (κ2) is 6.09. The summed E-state index contributed by atoms with van der Waals surface area (Å²) in [4.78, 5) is 15.0. The Morgan fingerprint density at radius 1 is 1.23 bits per heavy atom. The van der Waals surface area contributed by atoms with Crippen LogP contribution in [0.4, 0.5) is 0 Å². The molecule has 2 heterocycles. The lowest BCUT2D eigenvalue weighted by molar-refractivity contribution is -0.164. The van der Waals surface area contributed by atoms with Crippen molar-refractivity contribution in [3.05, 3.63) is 29.3 Å². The predicted molar refractivity (Wildman–Crippen MR) is 85.3 cm³/mol. The van der Waals surface area contributed by atoms with Gasteiger partial charge < -0.3 is 14.4 Å². The normalized spacial score (nSPS) is 25.0. The van der Waals surface area contributed by atoms with Crippen molar-refractivity contribution >= 4 is 17.5 Å². The highest BCUT2D eigenvalue weighted by atomic mass is 35.5. The van der Waals surface area contributed by atoms with Crippen molar-refractivity contribution in [2.24, 2.45) is 0 Å². The first-order chi connectivity index (χ1) is 10.5. The van der Waals surface area contributed by atoms with Crippen molar-refractivity contribution in [2.75, 3.05) is 13.2 Å². The fraction of sp³-hybridized carbons (Fsp3) is 0.588. The summed E-state index contributed by atoms with van der Waals surface area (Å²) in [5, 5.41) is 0.652. The SMILES string of the molecule is CC(C)(Oc1ccc(Cl)cc1)C(=O)N1[C@H]2CCC[C@H]1COC2. The van der Waals surface area contributed by atoms with E-state index < -0.39 is 5.60 Å². The molecular weight excluding hydrogens is 302 g/mol. The Bertz CT molecular complexity index is 521. The third-order valence-electron chi connectivity index (χ3n) is 4.42. The zero-order valence-corrected chi connectivity index (χ0v) is 13.8. The van der Waals surface area contributed by atoms with Crippen LogP contribution in [0.1, 0.15) is 33.1 Å². The van der Waals surface area contributed by atoms with Gasteiger partial charge in [0.2, 0.25) is 0 Å². The lowest BCUT2D eigenvalue weighted by Crippen LogP contribution is -2.62. The largest absolute Gasteiger partial charge is 0.478 e. The lowest BCUT2D eigenvalue weighted by Gasteiger charge is -2.48. The second-order valence-corrected chi connectivity index (χ2v) is 6.99. The van der Waals surface area contributed by atoms with Crippen LogP contribution in [0.2, 0.25) is 5.02 Å². The number of nitrogens with zero attached hydrogens (tertiary/aromatic N) is 1. The van der Waals surface area contributed by atoms with Crippen LogP contribution in [0.3, 0.4) is 0 Å². The molecule has 5 heteroatoms. The van der Waals surface area contributed by atoms with Gasteiger partial charge in [-0.25, -0.2) is 0 Å². The average Bonchev–Trinajstić information content (AvgIpc) is 2.48. The molecule has 22 heavy (non-hydrogen) atoms. The molecule has 0 spiro atoms. The number of carbonyl (C=O) groups is 1. The number of ether oxygens (including phenoxy) is 2. The van der Waals surface area contributed by atoms with E-state index >= 15 is 0 Å². The number of hydrogen-bond donors (Lipinski definition) is 0. The highest BCUT2D eigenvalue weighted by molar-refractivity contribution is 6.30. The summed E-state index contributed by atoms with van der Waals surface area (Å²) < 4.78 is 11.6. The van der Waals surface area contributed by atoms with E-state index in [1.807, 2.05) is 18.7 Å². The van der Waals surface area contributed by atoms with Gasteiger partial charge in [-0.15, -0.1) is 0 Å². The zero-order valence-electron chi connectivity index (χ0n) is 13.0. The molecule has 2 fully saturated rings. The highest BCUT2D eigenvalue weighted by Crippen LogP contribution is 2.31. The summed E-state index contributed by atoms with van der Waals surface area (Å²) in [5.41, 5.74) is -0.904. The van der Waals surface area contributed by atoms with Crippen molar-refractivity contribution in [2.45, 2.75) is 50.8 Å². The first-order valence-electron chi connectivity index (χ1n) is 7.82. The Balaban J connectivity index is 1.76. The number of hydrogen-bond acceptors (Lipinski definition) is 3. The monoisotopic (exact) mass is 323 g/mol. The number of morpholine rings is 1. The molecule has 120 valence electrons. The molecule has 2 aliphatic heterocycles. The van der Waals surface area contributed by atoms with Crippen LogP contribution in [0.5, 0.6) is 5.75 Å². The molecule has 0 aliphatic carbocycles. The fourth-order valence-corrected chi connectivity index (χ4v) is 3.44. The number of rotatable bonds is 3. The molecule has 0 unspecified atom stereocenters. The first kappa shape index (κ1) is 15.6. The highest BCUT2D eigenvalue weighted by Gasteiger charge is 2.44. The minimum atomic E-state index is -0.904. The molecular formula is C17H22ClNO3. The van der Waals surface area contributed by atoms with Crippen LogP contribution in [-0.4, -0.2) is 41.7 Å². The standard InChI is InChI=1S/C17H22ClNO3/c1-17(2,22-15-8-6-12(18)7-9-15)16(20)19-13-4-3-5-14(19)11-21-10-13/h6-9,13-14H,3-5,10-11H2,1-2H3/t13-,14-/m0/s1. The maximum atomic E-state index is 13.0. The fourth-order valence-electron chi connectivity index (χ4n) is 3.32. The van der Waals surface area contributed by atoms with Crippen LogP contribution in [0, 0.1) is 0 Å². The Labute approximate surface area is 136 Å². The molecule has 2 bridgehead atoms. The lowest BCUT2D eigenvalue weighted by atomic mass is 9.92. The van der Waals surface area contributed by atoms with Crippen LogP contribution >= 0.6 is 11.6 Å². The molecule has 2 aliphatic rings. The number of carbonyl (C=O) groups excluding carboxylic acids is 1. The number of piperidine rings is 1. The van der Waals surface area contributed by atoms with E-state index in [0.717, 1.165) is 12.8 Å². The molecule has 0 radical (unpaired) electrons. The van der Waals surface area contributed by atoms with Crippen LogP contribution in [0.25, 0.3) is 0 Å². The Kier molecular flexibility index (Phi) is 4.33. The number of fused-ring (bicyclic) bond motifs is 2. The summed E-state index contributed by atoms with van der Waals surface area (Å²) in [6.07, 6.45) is 3.19. The Morgan fingerprint density at radius 3 is 2.41 bits per heavy atom. The van der Waals surface area contributed by atoms with Gasteiger partial charge in [0.05, 0.1) is 25.3 Å². The summed E-state index contributed by atoms with van der Waals surface area (Å²) in [5.74, 6) is 0.696. The molecule has 1 aromatic carbocycles. The molecule has 0 saturated carbocycles. The molecule has 2 saturated heterocycles. The maximum absolute atomic E-state index is 13.0. The van der Waals surface area contributed by atoms with Crippen molar-refractivity contribution in [1.29, 1.82) is 0 Å². The van der Waals surface area contributed by atoms with E-state index in [2.05, 4.69) is 0 Å². The minimum Gasteiger partial charge on any atom is -0.478 e. The maximum Gasteiger partial charge on any atom is 0.266 e. The first-order valence-corrected chi connectivity index (χ1v) is 8.20. The van der Waals surface area contributed by atoms with Crippen molar-refractivity contribution in [3.8, 4) is 5.75 Å². The molecule has 0 aromatic heterocycles. The summed E-state index contributed by atoms with van der Waals surface area (Å²) in [6.45, 7) is 4.93. The minimum absolute atomic E-state index is 0.0421. The van der Waals surface area contributed by atoms with Crippen molar-refractivity contribution < 1.29 is 14.3 Å². The molecule has 0 N–H and O–H groups in total. The Hall–Kier alpha value is -1.26. The topological polar surface area (TPSA) is 38.8 Å². The summed E-state index contributed by atoms with van der Waals surface area (Å²) in [6, 6.07) is 7.48. The molecule has 4 nitrogen and oxygen atoms in total. The number of amides is 1. The third kappa shape index (κ3) is 3.08. The number of halogens is 1. The van der Waals surface area contributed by atoms with Gasteiger partial charge in [0.15, 0.2) is 5.60 Å². The van der Waals surface area contributed by atoms with Gasteiger partial charge in [-0.05, 0) is 57.4 Å². The van der Waals surface area contributed by atoms with Gasteiger partial charge in [0, 0.05) is 5.02 Å².